The van der Waals surface area contributed by atoms with Crippen LogP contribution in [-0.2, 0) is 4.79 Å². The predicted molar refractivity (Wildman–Crippen MR) is 114 cm³/mol. The van der Waals surface area contributed by atoms with E-state index in [-0.39, 0.29) is 17.2 Å². The molecule has 0 radical (unpaired) electrons. The van der Waals surface area contributed by atoms with Gasteiger partial charge in [-0.15, -0.1) is 0 Å². The molecule has 8 heteroatoms. The predicted octanol–water partition coefficient (Wildman–Crippen LogP) is 5.12. The van der Waals surface area contributed by atoms with Gasteiger partial charge in [0.15, 0.2) is 0 Å². The molecule has 1 aromatic heterocycles. The molecular weight excluding hydrogens is 416 g/mol. The number of carbonyl (C=O) groups is 1. The largest absolute Gasteiger partial charge is 0.507 e. The van der Waals surface area contributed by atoms with Crippen molar-refractivity contribution < 1.29 is 14.3 Å². The standard InChI is InChI=1S/C21H18Cl2FN3O2/c1-12(28)25-7-8-26-20-10-13(21-16(22)3-2-4-17(21)23)9-18(27-20)15-11-14(24)5-6-19(15)29/h2-6,9-11,29H,7-8H2,1H3,(H,25,28)(H,26,27). The van der Waals surface area contributed by atoms with Crippen LogP contribution in [0.25, 0.3) is 22.4 Å². The zero-order valence-electron chi connectivity index (χ0n) is 15.5. The van der Waals surface area contributed by atoms with Gasteiger partial charge in [0, 0.05) is 41.2 Å². The number of hydrogen-bond donors (Lipinski definition) is 3. The summed E-state index contributed by atoms with van der Waals surface area (Å²) in [6, 6.07) is 12.2. The number of rotatable bonds is 6. The number of nitrogens with zero attached hydrogens (tertiary/aromatic N) is 1. The van der Waals surface area contributed by atoms with E-state index in [0.717, 1.165) is 0 Å². The maximum absolute atomic E-state index is 13.8. The fourth-order valence-electron chi connectivity index (χ4n) is 2.82. The average Bonchev–Trinajstić information content (AvgIpc) is 2.67. The normalized spacial score (nSPS) is 10.6. The highest BCUT2D eigenvalue weighted by molar-refractivity contribution is 6.39. The summed E-state index contributed by atoms with van der Waals surface area (Å²) < 4.78 is 13.8. The zero-order valence-corrected chi connectivity index (χ0v) is 17.0. The second-order valence-corrected chi connectivity index (χ2v) is 7.11. The number of aromatic hydroxyl groups is 1. The zero-order chi connectivity index (χ0) is 21.0. The molecule has 5 nitrogen and oxygen atoms in total. The van der Waals surface area contributed by atoms with Crippen LogP contribution in [-0.4, -0.2) is 29.1 Å². The van der Waals surface area contributed by atoms with Crippen LogP contribution in [0.3, 0.4) is 0 Å². The Labute approximate surface area is 177 Å². The van der Waals surface area contributed by atoms with E-state index < -0.39 is 5.82 Å². The average molecular weight is 434 g/mol. The molecule has 150 valence electrons. The smallest absolute Gasteiger partial charge is 0.216 e. The highest BCUT2D eigenvalue weighted by Crippen LogP contribution is 2.38. The Morgan fingerprint density at radius 2 is 1.83 bits per heavy atom. The molecule has 29 heavy (non-hydrogen) atoms. The van der Waals surface area contributed by atoms with Crippen LogP contribution in [0.1, 0.15) is 6.92 Å². The maximum atomic E-state index is 13.8. The van der Waals surface area contributed by atoms with Crippen LogP contribution in [0, 0.1) is 5.82 Å². The van der Waals surface area contributed by atoms with E-state index in [1.807, 2.05) is 0 Å². The first-order valence-electron chi connectivity index (χ1n) is 8.79. The first kappa shape index (κ1) is 20.9. The molecule has 1 heterocycles. The Balaban J connectivity index is 2.07. The lowest BCUT2D eigenvalue weighted by Gasteiger charge is -2.14. The van der Waals surface area contributed by atoms with E-state index >= 15 is 0 Å². The first-order valence-corrected chi connectivity index (χ1v) is 9.54. The summed E-state index contributed by atoms with van der Waals surface area (Å²) >= 11 is 12.7. The molecule has 0 aliphatic rings. The van der Waals surface area contributed by atoms with Crippen molar-refractivity contribution in [2.45, 2.75) is 6.92 Å². The van der Waals surface area contributed by atoms with E-state index in [1.165, 1.54) is 25.1 Å². The van der Waals surface area contributed by atoms with Gasteiger partial charge in [-0.2, -0.15) is 0 Å². The molecule has 0 saturated carbocycles. The highest BCUT2D eigenvalue weighted by atomic mass is 35.5. The third-order valence-electron chi connectivity index (χ3n) is 4.12. The Morgan fingerprint density at radius 3 is 2.52 bits per heavy atom. The molecule has 0 aliphatic carbocycles. The van der Waals surface area contributed by atoms with Crippen LogP contribution in [0.2, 0.25) is 10.0 Å². The lowest BCUT2D eigenvalue weighted by atomic mass is 10.0. The fourth-order valence-corrected chi connectivity index (χ4v) is 3.44. The number of anilines is 1. The van der Waals surface area contributed by atoms with Crippen molar-refractivity contribution in [3.63, 3.8) is 0 Å². The summed E-state index contributed by atoms with van der Waals surface area (Å²) in [5, 5.41) is 16.9. The molecule has 0 unspecified atom stereocenters. The molecule has 0 fully saturated rings. The number of amides is 1. The van der Waals surface area contributed by atoms with Crippen molar-refractivity contribution in [2.24, 2.45) is 0 Å². The van der Waals surface area contributed by atoms with Gasteiger partial charge in [0.05, 0.1) is 5.69 Å². The minimum atomic E-state index is -0.499. The summed E-state index contributed by atoms with van der Waals surface area (Å²) in [5.41, 5.74) is 1.83. The molecule has 0 bridgehead atoms. The van der Waals surface area contributed by atoms with Gasteiger partial charge in [0.1, 0.15) is 17.4 Å². The molecule has 3 rings (SSSR count). The number of halogens is 3. The fraction of sp³-hybridized carbons (Fsp3) is 0.143. The van der Waals surface area contributed by atoms with Crippen molar-refractivity contribution in [1.29, 1.82) is 0 Å². The number of phenols is 1. The van der Waals surface area contributed by atoms with Gasteiger partial charge in [0.2, 0.25) is 5.91 Å². The topological polar surface area (TPSA) is 74.2 Å². The van der Waals surface area contributed by atoms with Crippen molar-refractivity contribution in [2.75, 3.05) is 18.4 Å². The third-order valence-corrected chi connectivity index (χ3v) is 4.75. The van der Waals surface area contributed by atoms with Gasteiger partial charge in [-0.1, -0.05) is 29.3 Å². The van der Waals surface area contributed by atoms with Crippen LogP contribution in [0.4, 0.5) is 10.2 Å². The number of hydrogen-bond acceptors (Lipinski definition) is 4. The van der Waals surface area contributed by atoms with Gasteiger partial charge in [-0.05, 0) is 48.0 Å². The number of pyridine rings is 1. The van der Waals surface area contributed by atoms with E-state index in [4.69, 9.17) is 23.2 Å². The van der Waals surface area contributed by atoms with E-state index in [9.17, 15) is 14.3 Å². The summed E-state index contributed by atoms with van der Waals surface area (Å²) in [6.07, 6.45) is 0. The summed E-state index contributed by atoms with van der Waals surface area (Å²) in [6.45, 7) is 2.25. The molecule has 0 saturated heterocycles. The highest BCUT2D eigenvalue weighted by Gasteiger charge is 2.15. The van der Waals surface area contributed by atoms with Crippen LogP contribution < -0.4 is 10.6 Å². The summed E-state index contributed by atoms with van der Waals surface area (Å²) in [4.78, 5) is 15.5. The Kier molecular flexibility index (Phi) is 6.56. The number of phenolic OH excluding ortho intramolecular Hbond substituents is 1. The number of aromatic nitrogens is 1. The number of nitrogens with one attached hydrogen (secondary N) is 2. The monoisotopic (exact) mass is 433 g/mol. The van der Waals surface area contributed by atoms with Gasteiger partial charge in [0.25, 0.3) is 0 Å². The molecule has 0 spiro atoms. The van der Waals surface area contributed by atoms with Gasteiger partial charge in [-0.3, -0.25) is 4.79 Å². The van der Waals surface area contributed by atoms with E-state index in [0.29, 0.717) is 45.8 Å². The lowest BCUT2D eigenvalue weighted by molar-refractivity contribution is -0.118. The number of benzene rings is 2. The molecule has 2 aromatic carbocycles. The van der Waals surface area contributed by atoms with Gasteiger partial charge < -0.3 is 15.7 Å². The molecule has 1 amide bonds. The molecule has 3 N–H and O–H groups in total. The lowest BCUT2D eigenvalue weighted by Crippen LogP contribution is -2.26. The quantitative estimate of drug-likeness (QED) is 0.471. The van der Waals surface area contributed by atoms with Crippen molar-refractivity contribution in [3.05, 3.63) is 64.4 Å². The van der Waals surface area contributed by atoms with Gasteiger partial charge in [-0.25, -0.2) is 9.37 Å². The van der Waals surface area contributed by atoms with Crippen molar-refractivity contribution in [1.82, 2.24) is 10.3 Å². The number of carbonyl (C=O) groups excluding carboxylic acids is 1. The van der Waals surface area contributed by atoms with E-state index in [2.05, 4.69) is 15.6 Å². The second-order valence-electron chi connectivity index (χ2n) is 6.29. The summed E-state index contributed by atoms with van der Waals surface area (Å²) in [5.74, 6) is -0.282. The third kappa shape index (κ3) is 5.16. The maximum Gasteiger partial charge on any atom is 0.216 e. The Hall–Kier alpha value is -2.83. The Morgan fingerprint density at radius 1 is 1.10 bits per heavy atom. The Bertz CT molecular complexity index is 1040. The molecule has 0 atom stereocenters. The van der Waals surface area contributed by atoms with Crippen LogP contribution in [0.15, 0.2) is 48.5 Å². The molecule has 3 aromatic rings. The SMILES string of the molecule is CC(=O)NCCNc1cc(-c2c(Cl)cccc2Cl)cc(-c2cc(F)ccc2O)n1. The minimum Gasteiger partial charge on any atom is -0.507 e. The van der Waals surface area contributed by atoms with Gasteiger partial charge >= 0.3 is 0 Å². The molecule has 0 aliphatic heterocycles. The molecular formula is C21H18Cl2FN3O2. The van der Waals surface area contributed by atoms with Crippen LogP contribution in [0.5, 0.6) is 5.75 Å². The van der Waals surface area contributed by atoms with Crippen LogP contribution >= 0.6 is 23.2 Å². The second kappa shape index (κ2) is 9.11. The minimum absolute atomic E-state index is 0.106. The summed E-state index contributed by atoms with van der Waals surface area (Å²) in [7, 11) is 0. The van der Waals surface area contributed by atoms with Crippen molar-refractivity contribution >= 4 is 34.9 Å². The van der Waals surface area contributed by atoms with E-state index in [1.54, 1.807) is 30.3 Å². The first-order chi connectivity index (χ1) is 13.8. The van der Waals surface area contributed by atoms with Crippen molar-refractivity contribution in [3.8, 4) is 28.1 Å².